The summed E-state index contributed by atoms with van der Waals surface area (Å²) in [5.74, 6) is 0.708. The molecule has 0 aliphatic carbocycles. The van der Waals surface area contributed by atoms with Crippen molar-refractivity contribution in [2.24, 2.45) is 0 Å². The molecule has 0 bridgehead atoms. The molecule has 1 aromatic carbocycles. The number of aromatic amines is 1. The van der Waals surface area contributed by atoms with Crippen LogP contribution in [-0.4, -0.2) is 29.2 Å². The molecule has 1 aliphatic heterocycles. The lowest BCUT2D eigenvalue weighted by Gasteiger charge is -2.25. The van der Waals surface area contributed by atoms with Gasteiger partial charge in [-0.15, -0.1) is 0 Å². The molecule has 3 N–H and O–H groups in total. The quantitative estimate of drug-likeness (QED) is 0.579. The van der Waals surface area contributed by atoms with Gasteiger partial charge in [0.25, 0.3) is 5.56 Å². The maximum atomic E-state index is 12.3. The van der Waals surface area contributed by atoms with E-state index in [4.69, 9.17) is 16.3 Å². The second kappa shape index (κ2) is 8.43. The highest BCUT2D eigenvalue weighted by Crippen LogP contribution is 2.33. The molecule has 4 rings (SSSR count). The number of aryl methyl sites for hydroxylation is 2. The molecule has 7 heteroatoms. The van der Waals surface area contributed by atoms with Gasteiger partial charge in [0.2, 0.25) is 0 Å². The fourth-order valence-electron chi connectivity index (χ4n) is 3.84. The average Bonchev–Trinajstić information content (AvgIpc) is 2.68. The van der Waals surface area contributed by atoms with Crippen LogP contribution in [0.4, 0.5) is 11.5 Å². The van der Waals surface area contributed by atoms with E-state index in [1.54, 1.807) is 6.20 Å². The van der Waals surface area contributed by atoms with Crippen LogP contribution in [0, 0.1) is 13.8 Å². The van der Waals surface area contributed by atoms with Gasteiger partial charge in [0, 0.05) is 64.7 Å². The Bertz CT molecular complexity index is 1090. The molecule has 0 amide bonds. The van der Waals surface area contributed by atoms with Gasteiger partial charge in [0.1, 0.15) is 5.82 Å². The van der Waals surface area contributed by atoms with Crippen LogP contribution in [0.25, 0.3) is 10.8 Å². The maximum Gasteiger partial charge on any atom is 0.253 e. The molecule has 0 saturated carbocycles. The standard InChI is InChI=1S/C22H25ClN4O2/c1-13-9-14(2)26-22(28)19(13)12-25-21-18-10-15(23)11-20(17(18)3-6-24-21)27-16-4-7-29-8-5-16/h3,6,9-11,16,27H,4-5,7-8,12H2,1-2H3,(H,24,25)(H,26,28). The molecule has 2 aromatic heterocycles. The van der Waals surface area contributed by atoms with Crippen molar-refractivity contribution in [3.63, 3.8) is 0 Å². The van der Waals surface area contributed by atoms with Crippen LogP contribution in [0.5, 0.6) is 0 Å². The Morgan fingerprint density at radius 3 is 2.76 bits per heavy atom. The molecule has 0 unspecified atom stereocenters. The number of nitrogens with zero attached hydrogens (tertiary/aromatic N) is 1. The predicted molar refractivity (Wildman–Crippen MR) is 118 cm³/mol. The average molecular weight is 413 g/mol. The Morgan fingerprint density at radius 1 is 1.21 bits per heavy atom. The summed E-state index contributed by atoms with van der Waals surface area (Å²) in [6.07, 6.45) is 3.72. The number of anilines is 2. The fraction of sp³-hybridized carbons (Fsp3) is 0.364. The van der Waals surface area contributed by atoms with Crippen LogP contribution in [0.2, 0.25) is 5.02 Å². The topological polar surface area (TPSA) is 79.0 Å². The molecular weight excluding hydrogens is 388 g/mol. The monoisotopic (exact) mass is 412 g/mol. The van der Waals surface area contributed by atoms with Crippen molar-refractivity contribution in [2.75, 3.05) is 23.8 Å². The van der Waals surface area contributed by atoms with Crippen LogP contribution in [0.3, 0.4) is 0 Å². The van der Waals surface area contributed by atoms with Crippen molar-refractivity contribution in [2.45, 2.75) is 39.3 Å². The first-order valence-corrected chi connectivity index (χ1v) is 10.2. The van der Waals surface area contributed by atoms with Crippen molar-refractivity contribution in [3.05, 3.63) is 62.7 Å². The Kier molecular flexibility index (Phi) is 5.74. The Hall–Kier alpha value is -2.57. The number of benzene rings is 1. The van der Waals surface area contributed by atoms with Gasteiger partial charge < -0.3 is 20.4 Å². The summed E-state index contributed by atoms with van der Waals surface area (Å²) in [5, 5.41) is 9.56. The Morgan fingerprint density at radius 2 is 2.00 bits per heavy atom. The van der Waals surface area contributed by atoms with E-state index in [0.717, 1.165) is 53.8 Å². The number of pyridine rings is 2. The van der Waals surface area contributed by atoms with E-state index in [9.17, 15) is 4.79 Å². The summed E-state index contributed by atoms with van der Waals surface area (Å²) in [6.45, 7) is 5.77. The number of halogens is 1. The van der Waals surface area contributed by atoms with E-state index < -0.39 is 0 Å². The van der Waals surface area contributed by atoms with Crippen LogP contribution < -0.4 is 16.2 Å². The van der Waals surface area contributed by atoms with E-state index in [2.05, 4.69) is 20.6 Å². The van der Waals surface area contributed by atoms with Crippen LogP contribution >= 0.6 is 11.6 Å². The van der Waals surface area contributed by atoms with E-state index in [0.29, 0.717) is 29.0 Å². The summed E-state index contributed by atoms with van der Waals surface area (Å²) in [6, 6.07) is 8.19. The molecule has 1 fully saturated rings. The number of ether oxygens (including phenoxy) is 1. The van der Waals surface area contributed by atoms with Gasteiger partial charge in [-0.05, 0) is 56.5 Å². The van der Waals surface area contributed by atoms with E-state index in [1.807, 2.05) is 38.1 Å². The third-order valence-corrected chi connectivity index (χ3v) is 5.57. The summed E-state index contributed by atoms with van der Waals surface area (Å²) < 4.78 is 5.45. The molecule has 1 saturated heterocycles. The van der Waals surface area contributed by atoms with Crippen LogP contribution in [0.15, 0.2) is 35.3 Å². The molecule has 29 heavy (non-hydrogen) atoms. The molecule has 3 aromatic rings. The molecule has 0 atom stereocenters. The maximum absolute atomic E-state index is 12.3. The summed E-state index contributed by atoms with van der Waals surface area (Å²) >= 11 is 6.42. The third-order valence-electron chi connectivity index (χ3n) is 5.35. The van der Waals surface area contributed by atoms with Gasteiger partial charge in [-0.25, -0.2) is 4.98 Å². The van der Waals surface area contributed by atoms with Gasteiger partial charge in [0.15, 0.2) is 0 Å². The van der Waals surface area contributed by atoms with Crippen molar-refractivity contribution in [1.29, 1.82) is 0 Å². The first kappa shape index (κ1) is 19.7. The van der Waals surface area contributed by atoms with Crippen molar-refractivity contribution in [3.8, 4) is 0 Å². The zero-order valence-electron chi connectivity index (χ0n) is 16.6. The number of hydrogen-bond donors (Lipinski definition) is 3. The first-order chi connectivity index (χ1) is 14.0. The van der Waals surface area contributed by atoms with Crippen molar-refractivity contribution < 1.29 is 4.74 Å². The van der Waals surface area contributed by atoms with E-state index in [1.165, 1.54) is 0 Å². The Balaban J connectivity index is 1.64. The number of hydrogen-bond acceptors (Lipinski definition) is 5. The van der Waals surface area contributed by atoms with Crippen molar-refractivity contribution >= 4 is 33.9 Å². The normalized spacial score (nSPS) is 14.9. The number of rotatable bonds is 5. The summed E-state index contributed by atoms with van der Waals surface area (Å²) in [7, 11) is 0. The SMILES string of the molecule is Cc1cc(C)c(CNc2nccc3c(NC4CCOCC4)cc(Cl)cc23)c(=O)[nH]1. The highest BCUT2D eigenvalue weighted by molar-refractivity contribution is 6.32. The molecule has 0 spiro atoms. The molecule has 0 radical (unpaired) electrons. The van der Waals surface area contributed by atoms with Gasteiger partial charge in [-0.2, -0.15) is 0 Å². The number of H-pyrrole nitrogens is 1. The van der Waals surface area contributed by atoms with Gasteiger partial charge in [-0.1, -0.05) is 11.6 Å². The smallest absolute Gasteiger partial charge is 0.253 e. The first-order valence-electron chi connectivity index (χ1n) is 9.87. The highest BCUT2D eigenvalue weighted by atomic mass is 35.5. The largest absolute Gasteiger partial charge is 0.382 e. The van der Waals surface area contributed by atoms with E-state index >= 15 is 0 Å². The zero-order valence-corrected chi connectivity index (χ0v) is 17.4. The van der Waals surface area contributed by atoms with Crippen molar-refractivity contribution in [1.82, 2.24) is 9.97 Å². The molecule has 152 valence electrons. The third kappa shape index (κ3) is 4.38. The second-order valence-corrected chi connectivity index (χ2v) is 7.97. The van der Waals surface area contributed by atoms with E-state index in [-0.39, 0.29) is 5.56 Å². The predicted octanol–water partition coefficient (Wildman–Crippen LogP) is 4.40. The number of nitrogens with one attached hydrogen (secondary N) is 3. The highest BCUT2D eigenvalue weighted by Gasteiger charge is 2.16. The fourth-order valence-corrected chi connectivity index (χ4v) is 4.06. The Labute approximate surface area is 174 Å². The number of aromatic nitrogens is 2. The van der Waals surface area contributed by atoms with Gasteiger partial charge in [0.05, 0.1) is 0 Å². The number of fused-ring (bicyclic) bond motifs is 1. The van der Waals surface area contributed by atoms with Crippen LogP contribution in [-0.2, 0) is 11.3 Å². The lowest BCUT2D eigenvalue weighted by molar-refractivity contribution is 0.0905. The lowest BCUT2D eigenvalue weighted by Crippen LogP contribution is -2.27. The molecule has 6 nitrogen and oxygen atoms in total. The van der Waals surface area contributed by atoms with Gasteiger partial charge >= 0.3 is 0 Å². The molecular formula is C22H25ClN4O2. The summed E-state index contributed by atoms with van der Waals surface area (Å²) in [4.78, 5) is 19.7. The minimum absolute atomic E-state index is 0.0739. The zero-order chi connectivity index (χ0) is 20.4. The molecule has 3 heterocycles. The van der Waals surface area contributed by atoms with Gasteiger partial charge in [-0.3, -0.25) is 4.79 Å². The minimum Gasteiger partial charge on any atom is -0.382 e. The lowest BCUT2D eigenvalue weighted by atomic mass is 10.1. The minimum atomic E-state index is -0.0739. The second-order valence-electron chi connectivity index (χ2n) is 7.54. The van der Waals surface area contributed by atoms with Crippen LogP contribution in [0.1, 0.15) is 29.7 Å². The molecule has 1 aliphatic rings. The summed E-state index contributed by atoms with van der Waals surface area (Å²) in [5.41, 5.74) is 3.44.